The predicted octanol–water partition coefficient (Wildman–Crippen LogP) is 4.18. The number of aliphatic hydroxyl groups excluding tert-OH is 1. The standard InChI is InChI=1S/C30H33NO7/c1-35-24-8-6-21(7-9-24)19-36-25-10-11-26(29(33)34)28(16-25)37-20-23(32)18-31-14-12-30(13-15-31)17-22-4-2-3-5-27(22)38-30/h2-11,16,23,32H,12-15,17-20H2,1H3,(H,33,34)/t23-/m0/s1. The molecule has 0 saturated carbocycles. The number of carboxylic acid groups (broad SMARTS) is 1. The Kier molecular flexibility index (Phi) is 7.72. The van der Waals surface area contributed by atoms with E-state index in [0.717, 1.165) is 49.4 Å². The van der Waals surface area contributed by atoms with Crippen LogP contribution >= 0.6 is 0 Å². The molecule has 3 aromatic carbocycles. The minimum absolute atomic E-state index is 0.0202. The number of carboxylic acids is 1. The number of fused-ring (bicyclic) bond motifs is 1. The van der Waals surface area contributed by atoms with E-state index < -0.39 is 12.1 Å². The van der Waals surface area contributed by atoms with E-state index in [1.165, 1.54) is 11.6 Å². The van der Waals surface area contributed by atoms with Crippen LogP contribution in [0.2, 0.25) is 0 Å². The van der Waals surface area contributed by atoms with E-state index in [9.17, 15) is 15.0 Å². The average Bonchev–Trinajstić information content (AvgIpc) is 3.30. The number of likely N-dealkylation sites (tertiary alicyclic amines) is 1. The van der Waals surface area contributed by atoms with Crippen LogP contribution in [0.3, 0.4) is 0 Å². The summed E-state index contributed by atoms with van der Waals surface area (Å²) in [5, 5.41) is 20.3. The maximum absolute atomic E-state index is 11.7. The molecule has 2 aliphatic rings. The van der Waals surface area contributed by atoms with E-state index in [0.29, 0.717) is 18.9 Å². The molecule has 8 heteroatoms. The van der Waals surface area contributed by atoms with E-state index in [1.807, 2.05) is 42.5 Å². The van der Waals surface area contributed by atoms with Gasteiger partial charge in [0.15, 0.2) is 0 Å². The van der Waals surface area contributed by atoms with Gasteiger partial charge in [-0.25, -0.2) is 4.79 Å². The summed E-state index contributed by atoms with van der Waals surface area (Å²) >= 11 is 0. The van der Waals surface area contributed by atoms with Crippen molar-refractivity contribution in [2.75, 3.05) is 33.4 Å². The first kappa shape index (κ1) is 25.9. The van der Waals surface area contributed by atoms with Gasteiger partial charge in [0.25, 0.3) is 0 Å². The third-order valence-electron chi connectivity index (χ3n) is 7.23. The van der Waals surface area contributed by atoms with Crippen LogP contribution in [0, 0.1) is 0 Å². The van der Waals surface area contributed by atoms with Crippen LogP contribution in [0.15, 0.2) is 66.7 Å². The summed E-state index contributed by atoms with van der Waals surface area (Å²) < 4.78 is 23.1. The van der Waals surface area contributed by atoms with E-state index in [2.05, 4.69) is 11.0 Å². The lowest BCUT2D eigenvalue weighted by atomic mass is 9.87. The summed E-state index contributed by atoms with van der Waals surface area (Å²) in [4.78, 5) is 13.9. The number of ether oxygens (including phenoxy) is 4. The molecule has 0 bridgehead atoms. The number of piperidine rings is 1. The van der Waals surface area contributed by atoms with Crippen LogP contribution < -0.4 is 18.9 Å². The van der Waals surface area contributed by atoms with E-state index in [4.69, 9.17) is 18.9 Å². The Labute approximate surface area is 222 Å². The SMILES string of the molecule is COc1ccc(COc2ccc(C(=O)O)c(OC[C@@H](O)CN3CCC4(CC3)Cc3ccccc3O4)c2)cc1. The van der Waals surface area contributed by atoms with Crippen LogP contribution in [0.25, 0.3) is 0 Å². The molecule has 1 atom stereocenters. The van der Waals surface area contributed by atoms with Gasteiger partial charge in [-0.1, -0.05) is 30.3 Å². The molecule has 38 heavy (non-hydrogen) atoms. The summed E-state index contributed by atoms with van der Waals surface area (Å²) in [5.74, 6) is 1.29. The van der Waals surface area contributed by atoms with Gasteiger partial charge < -0.3 is 34.1 Å². The molecule has 2 N–H and O–H groups in total. The lowest BCUT2D eigenvalue weighted by Gasteiger charge is -2.39. The fourth-order valence-electron chi connectivity index (χ4n) is 5.10. The quantitative estimate of drug-likeness (QED) is 0.412. The highest BCUT2D eigenvalue weighted by molar-refractivity contribution is 5.91. The first-order chi connectivity index (χ1) is 18.4. The van der Waals surface area contributed by atoms with Gasteiger partial charge in [0.2, 0.25) is 0 Å². The molecule has 0 unspecified atom stereocenters. The molecular weight excluding hydrogens is 486 g/mol. The van der Waals surface area contributed by atoms with Crippen molar-refractivity contribution in [1.82, 2.24) is 4.90 Å². The summed E-state index contributed by atoms with van der Waals surface area (Å²) in [6.07, 6.45) is 1.95. The Morgan fingerprint density at radius 1 is 1.03 bits per heavy atom. The Balaban J connectivity index is 1.12. The van der Waals surface area contributed by atoms with Crippen LogP contribution in [0.5, 0.6) is 23.0 Å². The Morgan fingerprint density at radius 2 is 1.76 bits per heavy atom. The molecule has 8 nitrogen and oxygen atoms in total. The highest BCUT2D eigenvalue weighted by atomic mass is 16.5. The number of hydrogen-bond donors (Lipinski definition) is 2. The molecule has 1 fully saturated rings. The minimum atomic E-state index is -1.10. The van der Waals surface area contributed by atoms with Crippen molar-refractivity contribution in [3.8, 4) is 23.0 Å². The van der Waals surface area contributed by atoms with E-state index in [1.54, 1.807) is 19.2 Å². The Bertz CT molecular complexity index is 1220. The number of aromatic carboxylic acids is 1. The van der Waals surface area contributed by atoms with Crippen LogP contribution in [0.1, 0.15) is 34.3 Å². The molecule has 2 aliphatic heterocycles. The largest absolute Gasteiger partial charge is 0.497 e. The fourth-order valence-corrected chi connectivity index (χ4v) is 5.10. The van der Waals surface area contributed by atoms with Crippen molar-refractivity contribution < 1.29 is 34.0 Å². The molecule has 5 rings (SSSR count). The van der Waals surface area contributed by atoms with Crippen molar-refractivity contribution in [2.45, 2.75) is 37.6 Å². The second-order valence-electron chi connectivity index (χ2n) is 9.93. The minimum Gasteiger partial charge on any atom is -0.497 e. The van der Waals surface area contributed by atoms with Crippen molar-refractivity contribution in [3.05, 3.63) is 83.4 Å². The van der Waals surface area contributed by atoms with Crippen LogP contribution in [-0.4, -0.2) is 66.1 Å². The van der Waals surface area contributed by atoms with Gasteiger partial charge in [-0.2, -0.15) is 0 Å². The second kappa shape index (κ2) is 11.3. The predicted molar refractivity (Wildman–Crippen MR) is 141 cm³/mol. The number of aliphatic hydroxyl groups is 1. The number of carbonyl (C=O) groups is 1. The zero-order valence-electron chi connectivity index (χ0n) is 21.5. The van der Waals surface area contributed by atoms with Gasteiger partial charge in [-0.05, 0) is 41.5 Å². The van der Waals surface area contributed by atoms with Gasteiger partial charge in [0.1, 0.15) is 53.5 Å². The number of rotatable bonds is 10. The molecule has 0 aromatic heterocycles. The van der Waals surface area contributed by atoms with Crippen molar-refractivity contribution >= 4 is 5.97 Å². The molecule has 0 aliphatic carbocycles. The molecule has 200 valence electrons. The summed E-state index contributed by atoms with van der Waals surface area (Å²) in [7, 11) is 1.61. The van der Waals surface area contributed by atoms with Gasteiger partial charge >= 0.3 is 5.97 Å². The summed E-state index contributed by atoms with van der Waals surface area (Å²) in [6.45, 7) is 2.37. The third-order valence-corrected chi connectivity index (χ3v) is 7.23. The van der Waals surface area contributed by atoms with Crippen molar-refractivity contribution in [2.24, 2.45) is 0 Å². The van der Waals surface area contributed by atoms with E-state index >= 15 is 0 Å². The maximum atomic E-state index is 11.7. The van der Waals surface area contributed by atoms with Crippen molar-refractivity contribution in [1.29, 1.82) is 0 Å². The van der Waals surface area contributed by atoms with Gasteiger partial charge in [0.05, 0.1) is 7.11 Å². The van der Waals surface area contributed by atoms with Crippen molar-refractivity contribution in [3.63, 3.8) is 0 Å². The molecule has 0 amide bonds. The number of benzene rings is 3. The smallest absolute Gasteiger partial charge is 0.339 e. The number of para-hydroxylation sites is 1. The fraction of sp³-hybridized carbons (Fsp3) is 0.367. The number of methoxy groups -OCH3 is 1. The highest BCUT2D eigenvalue weighted by Gasteiger charge is 2.41. The molecular formula is C30H33NO7. The van der Waals surface area contributed by atoms with Crippen LogP contribution in [0.4, 0.5) is 0 Å². The Hall–Kier alpha value is -3.75. The topological polar surface area (TPSA) is 97.7 Å². The monoisotopic (exact) mass is 519 g/mol. The van der Waals surface area contributed by atoms with Gasteiger partial charge in [-0.3, -0.25) is 0 Å². The Morgan fingerprint density at radius 3 is 2.47 bits per heavy atom. The second-order valence-corrected chi connectivity index (χ2v) is 9.93. The van der Waals surface area contributed by atoms with E-state index in [-0.39, 0.29) is 23.5 Å². The molecule has 1 spiro atoms. The highest BCUT2D eigenvalue weighted by Crippen LogP contribution is 2.40. The molecule has 2 heterocycles. The lowest BCUT2D eigenvalue weighted by Crippen LogP contribution is -2.49. The number of nitrogens with zero attached hydrogens (tertiary/aromatic N) is 1. The van der Waals surface area contributed by atoms with Gasteiger partial charge in [0, 0.05) is 45.0 Å². The van der Waals surface area contributed by atoms with Crippen LogP contribution in [-0.2, 0) is 13.0 Å². The molecule has 0 radical (unpaired) electrons. The summed E-state index contributed by atoms with van der Waals surface area (Å²) in [5.41, 5.74) is 2.08. The first-order valence-corrected chi connectivity index (χ1v) is 12.9. The van der Waals surface area contributed by atoms with Gasteiger partial charge in [-0.15, -0.1) is 0 Å². The zero-order valence-corrected chi connectivity index (χ0v) is 21.5. The number of β-amino-alcohol motifs (C(OH)–C–C–N with tert-alkyl or cyclic N) is 1. The first-order valence-electron chi connectivity index (χ1n) is 12.9. The maximum Gasteiger partial charge on any atom is 0.339 e. The third kappa shape index (κ3) is 6.03. The number of hydrogen-bond acceptors (Lipinski definition) is 7. The molecule has 1 saturated heterocycles. The molecule has 3 aromatic rings. The lowest BCUT2D eigenvalue weighted by molar-refractivity contribution is -0.00204. The average molecular weight is 520 g/mol. The zero-order chi connectivity index (χ0) is 26.5. The normalized spacial score (nSPS) is 16.9. The summed E-state index contributed by atoms with van der Waals surface area (Å²) in [6, 6.07) is 20.3.